The fraction of sp³-hybridized carbons (Fsp3) is 0.857. The highest BCUT2D eigenvalue weighted by Gasteiger charge is 2.08. The van der Waals surface area contributed by atoms with E-state index in [2.05, 4.69) is 59.0 Å². The van der Waals surface area contributed by atoms with Crippen molar-refractivity contribution in [3.05, 3.63) is 3.92 Å². The molecule has 0 fully saturated rings. The summed E-state index contributed by atoms with van der Waals surface area (Å²) in [7, 11) is 0. The van der Waals surface area contributed by atoms with Gasteiger partial charge in [0.1, 0.15) is 0 Å². The van der Waals surface area contributed by atoms with Crippen LogP contribution in [0.15, 0.2) is 0 Å². The maximum atomic E-state index is 2.51. The van der Waals surface area contributed by atoms with Gasteiger partial charge in [0, 0.05) is 7.85 Å². The summed E-state index contributed by atoms with van der Waals surface area (Å²) in [4.78, 5) is 0. The van der Waals surface area contributed by atoms with Crippen molar-refractivity contribution in [1.82, 2.24) is 0 Å². The first-order valence-electron chi connectivity index (χ1n) is 3.31. The maximum Gasteiger partial charge on any atom is 0.0464 e. The van der Waals surface area contributed by atoms with Gasteiger partial charge in [0.2, 0.25) is 0 Å². The fourth-order valence-electron chi connectivity index (χ4n) is 0.582. The molecule has 0 amide bonds. The quantitative estimate of drug-likeness (QED) is 0.531. The molecule has 9 heavy (non-hydrogen) atoms. The summed E-state index contributed by atoms with van der Waals surface area (Å²) in [6, 6.07) is 0. The fourth-order valence-corrected chi connectivity index (χ4v) is 1.33. The zero-order valence-corrected chi connectivity index (χ0v) is 10.3. The highest BCUT2D eigenvalue weighted by atomic mass is 127. The Morgan fingerprint density at radius 2 is 2.11 bits per heavy atom. The van der Waals surface area contributed by atoms with Crippen LogP contribution < -0.4 is 0 Å². The molecule has 0 rings (SSSR count). The van der Waals surface area contributed by atoms with Gasteiger partial charge in [0.25, 0.3) is 0 Å². The van der Waals surface area contributed by atoms with Gasteiger partial charge in [-0.15, -0.1) is 0 Å². The molecule has 0 nitrogen and oxygen atoms in total. The van der Waals surface area contributed by atoms with Crippen LogP contribution in [-0.4, -0.2) is 3.92 Å². The molecule has 0 bridgehead atoms. The Bertz CT molecular complexity index is 61.9. The van der Waals surface area contributed by atoms with Gasteiger partial charge in [0.05, 0.1) is 0 Å². The van der Waals surface area contributed by atoms with E-state index in [9.17, 15) is 0 Å². The number of hydrogen-bond acceptors (Lipinski definition) is 0. The minimum atomic E-state index is 0.795. The molecule has 0 aromatic heterocycles. The Morgan fingerprint density at radius 1 is 1.56 bits per heavy atom. The van der Waals surface area contributed by atoms with Crippen LogP contribution >= 0.6 is 45.2 Å². The normalized spacial score (nSPS) is 14.3. The zero-order valence-electron chi connectivity index (χ0n) is 5.95. The molecule has 0 aliphatic rings. The summed E-state index contributed by atoms with van der Waals surface area (Å²) in [6.07, 6.45) is 4.04. The first kappa shape index (κ1) is 10.5. The molecule has 1 radical (unpaired) electrons. The zero-order chi connectivity index (χ0) is 7.28. The van der Waals surface area contributed by atoms with Gasteiger partial charge in [-0.05, 0) is 13.3 Å². The second-order valence-electron chi connectivity index (χ2n) is 2.20. The van der Waals surface area contributed by atoms with E-state index in [1.165, 1.54) is 23.2 Å². The summed E-state index contributed by atoms with van der Waals surface area (Å²) >= 11 is 4.93. The summed E-state index contributed by atoms with van der Waals surface area (Å²) in [5.41, 5.74) is 0. The summed E-state index contributed by atoms with van der Waals surface area (Å²) < 4.78 is 2.32. The summed E-state index contributed by atoms with van der Waals surface area (Å²) in [5, 5.41) is 0. The van der Waals surface area contributed by atoms with E-state index in [1.54, 1.807) is 0 Å². The Morgan fingerprint density at radius 3 is 2.44 bits per heavy atom. The van der Waals surface area contributed by atoms with Crippen molar-refractivity contribution in [3.63, 3.8) is 0 Å². The predicted octanol–water partition coefficient (Wildman–Crippen LogP) is 3.97. The third-order valence-electron chi connectivity index (χ3n) is 1.24. The Labute approximate surface area is 85.5 Å². The minimum absolute atomic E-state index is 0.795. The van der Waals surface area contributed by atoms with E-state index in [1.807, 2.05) is 0 Å². The number of alkyl halides is 1. The second kappa shape index (κ2) is 6.19. The monoisotopic (exact) mass is 351 g/mol. The molecule has 1 unspecified atom stereocenters. The topological polar surface area (TPSA) is 0 Å². The number of hydrogen-bond donors (Lipinski definition) is 0. The molecule has 0 aromatic carbocycles. The van der Waals surface area contributed by atoms with Gasteiger partial charge in [-0.3, -0.25) is 0 Å². The molecule has 55 valence electrons. The molecule has 0 spiro atoms. The van der Waals surface area contributed by atoms with Gasteiger partial charge in [-0.25, -0.2) is 0 Å². The van der Waals surface area contributed by atoms with Crippen molar-refractivity contribution in [2.24, 2.45) is 0 Å². The first-order chi connectivity index (χ1) is 4.18. The van der Waals surface area contributed by atoms with Gasteiger partial charge in [-0.1, -0.05) is 64.9 Å². The van der Waals surface area contributed by atoms with Crippen LogP contribution in [0.5, 0.6) is 0 Å². The van der Waals surface area contributed by atoms with Gasteiger partial charge < -0.3 is 0 Å². The van der Waals surface area contributed by atoms with Crippen LogP contribution in [0, 0.1) is 3.92 Å². The lowest BCUT2D eigenvalue weighted by molar-refractivity contribution is 0.730. The van der Waals surface area contributed by atoms with E-state index < -0.39 is 0 Å². The van der Waals surface area contributed by atoms with Crippen molar-refractivity contribution in [3.8, 4) is 0 Å². The van der Waals surface area contributed by atoms with E-state index in [0.717, 1.165) is 3.92 Å². The predicted molar refractivity (Wildman–Crippen MR) is 60.3 cm³/mol. The Hall–Kier alpha value is 1.46. The molecule has 0 saturated heterocycles. The van der Waals surface area contributed by atoms with Crippen LogP contribution in [0.1, 0.15) is 33.1 Å². The molecule has 1 atom stereocenters. The van der Waals surface area contributed by atoms with E-state index in [4.69, 9.17) is 0 Å². The third-order valence-corrected chi connectivity index (χ3v) is 4.74. The maximum absolute atomic E-state index is 2.51. The molecule has 2 heteroatoms. The average molecular weight is 351 g/mol. The Kier molecular flexibility index (Phi) is 7.19. The largest absolute Gasteiger partial charge is 0.0811 e. The van der Waals surface area contributed by atoms with Crippen molar-refractivity contribution in [1.29, 1.82) is 0 Å². The molecule has 0 heterocycles. The molecule has 0 N–H and O–H groups in total. The van der Waals surface area contributed by atoms with Crippen molar-refractivity contribution in [2.75, 3.05) is 0 Å². The number of unbranched alkanes of at least 4 members (excludes halogenated alkanes) is 1. The van der Waals surface area contributed by atoms with Gasteiger partial charge in [-0.2, -0.15) is 0 Å². The smallest absolute Gasteiger partial charge is 0.0464 e. The van der Waals surface area contributed by atoms with Crippen LogP contribution in [0.2, 0.25) is 0 Å². The number of rotatable bonds is 4. The highest BCUT2D eigenvalue weighted by molar-refractivity contribution is 14.1. The van der Waals surface area contributed by atoms with E-state index in [-0.39, 0.29) is 0 Å². The second-order valence-corrected chi connectivity index (χ2v) is 5.40. The minimum Gasteiger partial charge on any atom is -0.0811 e. The van der Waals surface area contributed by atoms with Crippen molar-refractivity contribution < 1.29 is 0 Å². The van der Waals surface area contributed by atoms with Gasteiger partial charge in [0.15, 0.2) is 0 Å². The van der Waals surface area contributed by atoms with Crippen molar-refractivity contribution in [2.45, 2.75) is 37.0 Å². The van der Waals surface area contributed by atoms with Crippen LogP contribution in [-0.2, 0) is 0 Å². The van der Waals surface area contributed by atoms with E-state index >= 15 is 0 Å². The SMILES string of the molecule is CCCCC(I)[C](C)I. The lowest BCUT2D eigenvalue weighted by atomic mass is 10.2. The standard InChI is InChI=1S/C7H13I2/c1-3-4-5-7(9)6(2)8/h7H,3-5H2,1-2H3. The number of halogens is 2. The Balaban J connectivity index is 3.16. The van der Waals surface area contributed by atoms with Crippen molar-refractivity contribution >= 4 is 45.2 Å². The molecule has 0 saturated carbocycles. The average Bonchev–Trinajstić information content (AvgIpc) is 1.82. The van der Waals surface area contributed by atoms with Crippen LogP contribution in [0.25, 0.3) is 0 Å². The third kappa shape index (κ3) is 5.88. The van der Waals surface area contributed by atoms with Crippen LogP contribution in [0.4, 0.5) is 0 Å². The van der Waals surface area contributed by atoms with Crippen LogP contribution in [0.3, 0.4) is 0 Å². The molecular weight excluding hydrogens is 338 g/mol. The molecular formula is C7H13I2. The van der Waals surface area contributed by atoms with Gasteiger partial charge >= 0.3 is 0 Å². The van der Waals surface area contributed by atoms with E-state index in [0.29, 0.717) is 0 Å². The lowest BCUT2D eigenvalue weighted by Crippen LogP contribution is -2.00. The summed E-state index contributed by atoms with van der Waals surface area (Å²) in [5.74, 6) is 0. The molecule has 0 aliphatic heterocycles. The lowest BCUT2D eigenvalue weighted by Gasteiger charge is -2.09. The molecule has 0 aliphatic carbocycles. The highest BCUT2D eigenvalue weighted by Crippen LogP contribution is 2.26. The summed E-state index contributed by atoms with van der Waals surface area (Å²) in [6.45, 7) is 4.44. The first-order valence-corrected chi connectivity index (χ1v) is 5.64. The molecule has 0 aromatic rings.